The largest absolute Gasteiger partial charge is 0.484 e. The number of aryl methyl sites for hydroxylation is 1. The van der Waals surface area contributed by atoms with Gasteiger partial charge in [-0.25, -0.2) is 0 Å². The van der Waals surface area contributed by atoms with Gasteiger partial charge in [0.25, 0.3) is 5.91 Å². The highest BCUT2D eigenvalue weighted by atomic mass is 35.5. The third-order valence-electron chi connectivity index (χ3n) is 5.39. The molecule has 35 heavy (non-hydrogen) atoms. The first-order valence-corrected chi connectivity index (χ1v) is 12.1. The fourth-order valence-corrected chi connectivity index (χ4v) is 3.85. The minimum Gasteiger partial charge on any atom is -0.484 e. The van der Waals surface area contributed by atoms with Crippen LogP contribution in [0.2, 0.25) is 5.02 Å². The molecule has 0 fully saturated rings. The summed E-state index contributed by atoms with van der Waals surface area (Å²) in [5, 5.41) is 3.67. The summed E-state index contributed by atoms with van der Waals surface area (Å²) in [4.78, 5) is 28.7. The van der Waals surface area contributed by atoms with Crippen LogP contribution in [-0.4, -0.2) is 34.9 Å². The predicted molar refractivity (Wildman–Crippen MR) is 141 cm³/mol. The van der Waals surface area contributed by atoms with Crippen LogP contribution in [0.25, 0.3) is 0 Å². The zero-order chi connectivity index (χ0) is 25.4. The molecule has 0 heterocycles. The van der Waals surface area contributed by atoms with Gasteiger partial charge in [-0.1, -0.05) is 66.2 Å². The number of rotatable bonds is 9. The van der Waals surface area contributed by atoms with Crippen LogP contribution < -0.4 is 10.1 Å². The van der Waals surface area contributed by atoms with E-state index in [1.54, 1.807) is 17.0 Å². The van der Waals surface area contributed by atoms with Gasteiger partial charge in [0.05, 0.1) is 0 Å². The molecular weight excluding hydrogens is 460 g/mol. The van der Waals surface area contributed by atoms with Crippen LogP contribution >= 0.6 is 11.6 Å². The minimum absolute atomic E-state index is 0.175. The van der Waals surface area contributed by atoms with E-state index in [0.717, 1.165) is 16.7 Å². The van der Waals surface area contributed by atoms with E-state index in [-0.39, 0.29) is 25.0 Å². The van der Waals surface area contributed by atoms with E-state index in [2.05, 4.69) is 5.32 Å². The summed E-state index contributed by atoms with van der Waals surface area (Å²) in [5.41, 5.74) is 2.44. The molecule has 0 radical (unpaired) electrons. The van der Waals surface area contributed by atoms with Crippen LogP contribution in [0.5, 0.6) is 5.75 Å². The maximum atomic E-state index is 13.6. The van der Waals surface area contributed by atoms with Crippen LogP contribution in [0.15, 0.2) is 78.9 Å². The van der Waals surface area contributed by atoms with Crippen molar-refractivity contribution in [3.63, 3.8) is 0 Å². The van der Waals surface area contributed by atoms with Gasteiger partial charge in [0.15, 0.2) is 6.61 Å². The van der Waals surface area contributed by atoms with Crippen LogP contribution in [0, 0.1) is 6.92 Å². The predicted octanol–water partition coefficient (Wildman–Crippen LogP) is 5.58. The highest BCUT2D eigenvalue weighted by Crippen LogP contribution is 2.19. The Hall–Kier alpha value is -3.31. The molecule has 2 amide bonds. The molecule has 1 N–H and O–H groups in total. The molecule has 0 aliphatic heterocycles. The molecule has 0 aliphatic rings. The van der Waals surface area contributed by atoms with Crippen LogP contribution in [0.1, 0.15) is 37.5 Å². The number of benzene rings is 3. The summed E-state index contributed by atoms with van der Waals surface area (Å²) in [7, 11) is 0. The number of nitrogens with one attached hydrogen (secondary N) is 1. The lowest BCUT2D eigenvalue weighted by molar-refractivity contribution is -0.143. The number of amides is 2. The maximum Gasteiger partial charge on any atom is 0.261 e. The van der Waals surface area contributed by atoms with Crippen LogP contribution in [0.3, 0.4) is 0 Å². The number of ether oxygens (including phenoxy) is 1. The van der Waals surface area contributed by atoms with E-state index < -0.39 is 11.6 Å². The van der Waals surface area contributed by atoms with Gasteiger partial charge in [-0.05, 0) is 68.7 Å². The first-order valence-electron chi connectivity index (χ1n) is 11.7. The summed E-state index contributed by atoms with van der Waals surface area (Å²) in [6.45, 7) is 7.83. The monoisotopic (exact) mass is 492 g/mol. The fraction of sp³-hybridized carbons (Fsp3) is 0.310. The fourth-order valence-electron chi connectivity index (χ4n) is 3.73. The Morgan fingerprint density at radius 2 is 1.63 bits per heavy atom. The molecule has 0 aliphatic carbocycles. The summed E-state index contributed by atoms with van der Waals surface area (Å²) >= 11 is 6.07. The molecule has 0 bridgehead atoms. The van der Waals surface area contributed by atoms with E-state index in [9.17, 15) is 9.59 Å². The second-order valence-electron chi connectivity index (χ2n) is 9.70. The van der Waals surface area contributed by atoms with Gasteiger partial charge in [0.1, 0.15) is 11.8 Å². The molecule has 6 heteroatoms. The average Bonchev–Trinajstić information content (AvgIpc) is 2.80. The minimum atomic E-state index is -0.721. The molecule has 3 aromatic carbocycles. The molecule has 3 rings (SSSR count). The summed E-state index contributed by atoms with van der Waals surface area (Å²) in [6.07, 6.45) is 0.381. The Morgan fingerprint density at radius 3 is 2.26 bits per heavy atom. The number of halogens is 1. The first kappa shape index (κ1) is 26.3. The zero-order valence-corrected chi connectivity index (χ0v) is 21.5. The van der Waals surface area contributed by atoms with Gasteiger partial charge in [-0.3, -0.25) is 9.59 Å². The van der Waals surface area contributed by atoms with Crippen molar-refractivity contribution < 1.29 is 14.3 Å². The molecule has 0 saturated carbocycles. The number of carbonyl (C=O) groups is 2. The van der Waals surface area contributed by atoms with Gasteiger partial charge in [0.2, 0.25) is 5.91 Å². The molecule has 0 spiro atoms. The second-order valence-corrected chi connectivity index (χ2v) is 10.1. The van der Waals surface area contributed by atoms with Gasteiger partial charge in [-0.2, -0.15) is 0 Å². The molecule has 1 unspecified atom stereocenters. The normalized spacial score (nSPS) is 12.0. The lowest BCUT2D eigenvalue weighted by Gasteiger charge is -2.33. The SMILES string of the molecule is Cc1cccc(OCC(=O)N(Cc2ccc(Cl)cc2)C(Cc2ccccc2)C(=O)NC(C)(C)C)c1. The molecule has 0 aromatic heterocycles. The number of hydrogen-bond acceptors (Lipinski definition) is 3. The Bertz CT molecular complexity index is 1120. The van der Waals surface area contributed by atoms with E-state index in [0.29, 0.717) is 17.2 Å². The third-order valence-corrected chi connectivity index (χ3v) is 5.64. The van der Waals surface area contributed by atoms with Crippen molar-refractivity contribution in [3.05, 3.63) is 101 Å². The van der Waals surface area contributed by atoms with E-state index in [4.69, 9.17) is 16.3 Å². The van der Waals surface area contributed by atoms with Gasteiger partial charge < -0.3 is 15.0 Å². The van der Waals surface area contributed by atoms with Crippen molar-refractivity contribution >= 4 is 23.4 Å². The lowest BCUT2D eigenvalue weighted by atomic mass is 10.0. The van der Waals surface area contributed by atoms with Crippen molar-refractivity contribution in [1.82, 2.24) is 10.2 Å². The van der Waals surface area contributed by atoms with Crippen molar-refractivity contribution in [2.75, 3.05) is 6.61 Å². The van der Waals surface area contributed by atoms with Crippen molar-refractivity contribution in [2.45, 2.75) is 52.2 Å². The van der Waals surface area contributed by atoms with Crippen molar-refractivity contribution in [1.29, 1.82) is 0 Å². The Morgan fingerprint density at radius 1 is 0.943 bits per heavy atom. The highest BCUT2D eigenvalue weighted by molar-refractivity contribution is 6.30. The van der Waals surface area contributed by atoms with E-state index >= 15 is 0 Å². The summed E-state index contributed by atoms with van der Waals surface area (Å²) < 4.78 is 5.82. The Kier molecular flexibility index (Phi) is 8.94. The number of carbonyl (C=O) groups excluding carboxylic acids is 2. The molecule has 184 valence electrons. The van der Waals surface area contributed by atoms with E-state index in [1.807, 2.05) is 94.4 Å². The van der Waals surface area contributed by atoms with Crippen LogP contribution in [-0.2, 0) is 22.6 Å². The number of nitrogens with zero attached hydrogens (tertiary/aromatic N) is 1. The smallest absolute Gasteiger partial charge is 0.261 e. The Balaban J connectivity index is 1.92. The van der Waals surface area contributed by atoms with Gasteiger partial charge >= 0.3 is 0 Å². The van der Waals surface area contributed by atoms with E-state index in [1.165, 1.54) is 0 Å². The standard InChI is InChI=1S/C29H33ClN2O3/c1-21-9-8-12-25(17-21)35-20-27(33)32(19-23-13-15-24(30)16-14-23)26(28(34)31-29(2,3)4)18-22-10-6-5-7-11-22/h5-17,26H,18-20H2,1-4H3,(H,31,34). The zero-order valence-electron chi connectivity index (χ0n) is 20.8. The molecule has 1 atom stereocenters. The molecule has 0 saturated heterocycles. The molecular formula is C29H33ClN2O3. The summed E-state index contributed by atoms with van der Waals surface area (Å²) in [6, 6.07) is 23.8. The van der Waals surface area contributed by atoms with Gasteiger partial charge in [0, 0.05) is 23.5 Å². The Labute approximate surface area is 213 Å². The van der Waals surface area contributed by atoms with Crippen molar-refractivity contribution in [2.24, 2.45) is 0 Å². The molecule has 5 nitrogen and oxygen atoms in total. The lowest BCUT2D eigenvalue weighted by Crippen LogP contribution is -2.55. The highest BCUT2D eigenvalue weighted by Gasteiger charge is 2.32. The number of hydrogen-bond donors (Lipinski definition) is 1. The summed E-state index contributed by atoms with van der Waals surface area (Å²) in [5.74, 6) is 0.134. The van der Waals surface area contributed by atoms with Crippen LogP contribution in [0.4, 0.5) is 0 Å². The molecule has 3 aromatic rings. The third kappa shape index (κ3) is 8.45. The average molecular weight is 493 g/mol. The topological polar surface area (TPSA) is 58.6 Å². The van der Waals surface area contributed by atoms with Crippen molar-refractivity contribution in [3.8, 4) is 5.75 Å². The maximum absolute atomic E-state index is 13.6. The first-order chi connectivity index (χ1) is 16.6. The quantitative estimate of drug-likeness (QED) is 0.424. The van der Waals surface area contributed by atoms with Gasteiger partial charge in [-0.15, -0.1) is 0 Å². The second kappa shape index (κ2) is 11.9.